The number of hydrogen-bond acceptors (Lipinski definition) is 4. The summed E-state index contributed by atoms with van der Waals surface area (Å²) in [6, 6.07) is 2.15. The molecule has 2 N–H and O–H groups in total. The highest BCUT2D eigenvalue weighted by atomic mass is 32.1. The molecule has 90 valence electrons. The molecule has 2 aromatic heterocycles. The van der Waals surface area contributed by atoms with Crippen molar-refractivity contribution in [2.45, 2.75) is 38.1 Å². The summed E-state index contributed by atoms with van der Waals surface area (Å²) >= 11 is 3.48. The standard InChI is InChI=1S/C13H16N2S2/c1-9-4-7-16-11(9)10-8-17-12(15-10)13(14)5-2-3-6-13/h4,7-8H,2-3,5-6,14H2,1H3. The van der Waals surface area contributed by atoms with Crippen LogP contribution in [0.5, 0.6) is 0 Å². The molecule has 1 aliphatic rings. The fraction of sp³-hybridized carbons (Fsp3) is 0.462. The molecule has 1 aliphatic carbocycles. The van der Waals surface area contributed by atoms with E-state index in [1.165, 1.54) is 23.3 Å². The van der Waals surface area contributed by atoms with Gasteiger partial charge in [0.15, 0.2) is 0 Å². The SMILES string of the molecule is Cc1ccsc1-c1csc(C2(N)CCCC2)n1. The van der Waals surface area contributed by atoms with Crippen molar-refractivity contribution in [1.29, 1.82) is 0 Å². The fourth-order valence-corrected chi connectivity index (χ4v) is 4.41. The van der Waals surface area contributed by atoms with Gasteiger partial charge < -0.3 is 5.73 Å². The Balaban J connectivity index is 1.96. The Morgan fingerprint density at radius 3 is 2.71 bits per heavy atom. The summed E-state index contributed by atoms with van der Waals surface area (Å²) in [4.78, 5) is 6.06. The van der Waals surface area contributed by atoms with Gasteiger partial charge in [0.1, 0.15) is 5.01 Å². The zero-order chi connectivity index (χ0) is 11.9. The Morgan fingerprint density at radius 2 is 2.06 bits per heavy atom. The minimum absolute atomic E-state index is 0.145. The first-order valence-corrected chi connectivity index (χ1v) is 7.74. The molecule has 3 rings (SSSR count). The van der Waals surface area contributed by atoms with Crippen LogP contribution in [0.4, 0.5) is 0 Å². The van der Waals surface area contributed by atoms with Crippen LogP contribution in [0.2, 0.25) is 0 Å². The largest absolute Gasteiger partial charge is 0.319 e. The van der Waals surface area contributed by atoms with E-state index >= 15 is 0 Å². The first-order chi connectivity index (χ1) is 8.19. The molecule has 0 spiro atoms. The van der Waals surface area contributed by atoms with E-state index in [0.29, 0.717) is 0 Å². The lowest BCUT2D eigenvalue weighted by Crippen LogP contribution is -2.32. The third kappa shape index (κ3) is 1.94. The summed E-state index contributed by atoms with van der Waals surface area (Å²) in [5.41, 5.74) is 8.71. The molecule has 0 atom stereocenters. The minimum atomic E-state index is -0.145. The van der Waals surface area contributed by atoms with E-state index in [1.54, 1.807) is 22.7 Å². The van der Waals surface area contributed by atoms with Gasteiger partial charge in [-0.05, 0) is 36.8 Å². The van der Waals surface area contributed by atoms with Crippen LogP contribution in [-0.2, 0) is 5.54 Å². The van der Waals surface area contributed by atoms with Crippen molar-refractivity contribution in [3.8, 4) is 10.6 Å². The van der Waals surface area contributed by atoms with Gasteiger partial charge >= 0.3 is 0 Å². The Labute approximate surface area is 110 Å². The number of rotatable bonds is 2. The van der Waals surface area contributed by atoms with Crippen LogP contribution in [0.15, 0.2) is 16.8 Å². The van der Waals surface area contributed by atoms with Crippen LogP contribution in [0.3, 0.4) is 0 Å². The van der Waals surface area contributed by atoms with Gasteiger partial charge in [0, 0.05) is 5.38 Å². The maximum absolute atomic E-state index is 6.44. The van der Waals surface area contributed by atoms with Gasteiger partial charge in [0.25, 0.3) is 0 Å². The fourth-order valence-electron chi connectivity index (χ4n) is 2.46. The molecule has 2 aromatic rings. The van der Waals surface area contributed by atoms with Crippen molar-refractivity contribution >= 4 is 22.7 Å². The second-order valence-electron chi connectivity index (χ2n) is 4.83. The monoisotopic (exact) mass is 264 g/mol. The number of aryl methyl sites for hydroxylation is 1. The van der Waals surface area contributed by atoms with Crippen molar-refractivity contribution in [3.05, 3.63) is 27.4 Å². The van der Waals surface area contributed by atoms with Gasteiger partial charge in [-0.2, -0.15) is 0 Å². The molecule has 2 nitrogen and oxygen atoms in total. The number of hydrogen-bond donors (Lipinski definition) is 1. The van der Waals surface area contributed by atoms with Crippen LogP contribution < -0.4 is 5.73 Å². The van der Waals surface area contributed by atoms with Gasteiger partial charge in [-0.3, -0.25) is 0 Å². The lowest BCUT2D eigenvalue weighted by Gasteiger charge is -2.19. The van der Waals surface area contributed by atoms with Crippen LogP contribution in [0.25, 0.3) is 10.6 Å². The summed E-state index contributed by atoms with van der Waals surface area (Å²) in [5.74, 6) is 0. The highest BCUT2D eigenvalue weighted by Crippen LogP contribution is 2.40. The number of nitrogens with two attached hydrogens (primary N) is 1. The van der Waals surface area contributed by atoms with E-state index in [0.717, 1.165) is 23.5 Å². The molecule has 4 heteroatoms. The normalized spacial score (nSPS) is 18.7. The van der Waals surface area contributed by atoms with Crippen molar-refractivity contribution in [3.63, 3.8) is 0 Å². The second-order valence-corrected chi connectivity index (χ2v) is 6.61. The quantitative estimate of drug-likeness (QED) is 0.893. The van der Waals surface area contributed by atoms with E-state index in [-0.39, 0.29) is 5.54 Å². The van der Waals surface area contributed by atoms with Crippen LogP contribution >= 0.6 is 22.7 Å². The Bertz CT molecular complexity index is 521. The van der Waals surface area contributed by atoms with Gasteiger partial charge in [0.05, 0.1) is 16.1 Å². The summed E-state index contributed by atoms with van der Waals surface area (Å²) in [6.07, 6.45) is 4.65. The molecular weight excluding hydrogens is 248 g/mol. The molecule has 0 saturated heterocycles. The van der Waals surface area contributed by atoms with E-state index in [2.05, 4.69) is 23.8 Å². The van der Waals surface area contributed by atoms with E-state index in [9.17, 15) is 0 Å². The first-order valence-electron chi connectivity index (χ1n) is 5.98. The maximum atomic E-state index is 6.44. The number of nitrogens with zero attached hydrogens (tertiary/aromatic N) is 1. The van der Waals surface area contributed by atoms with Crippen LogP contribution in [0, 0.1) is 6.92 Å². The molecule has 0 unspecified atom stereocenters. The highest BCUT2D eigenvalue weighted by Gasteiger charge is 2.34. The van der Waals surface area contributed by atoms with Crippen molar-refractivity contribution in [1.82, 2.24) is 4.98 Å². The predicted octanol–water partition coefficient (Wildman–Crippen LogP) is 3.91. The van der Waals surface area contributed by atoms with E-state index in [4.69, 9.17) is 10.7 Å². The lowest BCUT2D eigenvalue weighted by molar-refractivity contribution is 0.459. The maximum Gasteiger partial charge on any atom is 0.113 e. The van der Waals surface area contributed by atoms with Crippen molar-refractivity contribution < 1.29 is 0 Å². The number of thiazole rings is 1. The Morgan fingerprint density at radius 1 is 1.29 bits per heavy atom. The molecular formula is C13H16N2S2. The molecule has 2 heterocycles. The van der Waals surface area contributed by atoms with Gasteiger partial charge in [-0.1, -0.05) is 12.8 Å². The molecule has 0 bridgehead atoms. The third-order valence-corrected chi connectivity index (χ3v) is 5.62. The van der Waals surface area contributed by atoms with Gasteiger partial charge in [-0.25, -0.2) is 4.98 Å². The van der Waals surface area contributed by atoms with Crippen molar-refractivity contribution in [2.24, 2.45) is 5.73 Å². The first kappa shape index (κ1) is 11.4. The van der Waals surface area contributed by atoms with Gasteiger partial charge in [0.2, 0.25) is 0 Å². The summed E-state index contributed by atoms with van der Waals surface area (Å²) < 4.78 is 0. The molecule has 0 aromatic carbocycles. The summed E-state index contributed by atoms with van der Waals surface area (Å²) in [7, 11) is 0. The van der Waals surface area contributed by atoms with Gasteiger partial charge in [-0.15, -0.1) is 22.7 Å². The van der Waals surface area contributed by atoms with E-state index < -0.39 is 0 Å². The molecule has 0 amide bonds. The molecule has 0 radical (unpaired) electrons. The van der Waals surface area contributed by atoms with Crippen LogP contribution in [0.1, 0.15) is 36.3 Å². The topological polar surface area (TPSA) is 38.9 Å². The minimum Gasteiger partial charge on any atom is -0.319 e. The average Bonchev–Trinajstić information content (AvgIpc) is 2.97. The number of thiophene rings is 1. The third-order valence-electron chi connectivity index (χ3n) is 3.52. The zero-order valence-corrected chi connectivity index (χ0v) is 11.5. The Kier molecular flexibility index (Phi) is 2.81. The molecule has 17 heavy (non-hydrogen) atoms. The van der Waals surface area contributed by atoms with Crippen LogP contribution in [-0.4, -0.2) is 4.98 Å². The predicted molar refractivity (Wildman–Crippen MR) is 74.5 cm³/mol. The van der Waals surface area contributed by atoms with E-state index in [1.807, 2.05) is 0 Å². The molecule has 1 saturated carbocycles. The highest BCUT2D eigenvalue weighted by molar-refractivity contribution is 7.14. The van der Waals surface area contributed by atoms with Crippen molar-refractivity contribution in [2.75, 3.05) is 0 Å². The Hall–Kier alpha value is -0.710. The molecule has 1 fully saturated rings. The number of aromatic nitrogens is 1. The average molecular weight is 264 g/mol. The summed E-state index contributed by atoms with van der Waals surface area (Å²) in [5, 5.41) is 5.40. The smallest absolute Gasteiger partial charge is 0.113 e. The second kappa shape index (κ2) is 4.19. The lowest BCUT2D eigenvalue weighted by atomic mass is 10.0. The zero-order valence-electron chi connectivity index (χ0n) is 9.90. The summed E-state index contributed by atoms with van der Waals surface area (Å²) in [6.45, 7) is 2.14. The molecule has 0 aliphatic heterocycles.